The highest BCUT2D eigenvalue weighted by atomic mass is 16.5. The highest BCUT2D eigenvalue weighted by Gasteiger charge is 2.45. The molecule has 1 N–H and O–H groups in total. The maximum atomic E-state index is 12.1. The molecule has 5 heteroatoms. The van der Waals surface area contributed by atoms with E-state index in [0.717, 1.165) is 31.6 Å². The molecular formula is C27H29N3O2. The minimum Gasteiger partial charge on any atom is -0.453 e. The van der Waals surface area contributed by atoms with Gasteiger partial charge in [-0.1, -0.05) is 50.2 Å². The van der Waals surface area contributed by atoms with E-state index in [1.165, 1.54) is 35.1 Å². The van der Waals surface area contributed by atoms with Gasteiger partial charge >= 0.3 is 6.09 Å². The van der Waals surface area contributed by atoms with Gasteiger partial charge in [0.25, 0.3) is 0 Å². The molecule has 5 nitrogen and oxygen atoms in total. The summed E-state index contributed by atoms with van der Waals surface area (Å²) in [6.45, 7) is 6.64. The van der Waals surface area contributed by atoms with Crippen LogP contribution >= 0.6 is 0 Å². The standard InChI is InChI=1S/C27H29N3O2/c1-26(19-8-5-4-6-9-19)11-14-30-15-12-27(2,20-10-7-13-28-18-20)23-17-21(29-25(31)32-3)16-22(26)24(23)30/h4-10,13,16-18H,11-12,14-15H2,1-3H3,(H,29,31)/t26-,27-/m0/s1. The number of aromatic nitrogens is 1. The molecule has 0 fully saturated rings. The Morgan fingerprint density at radius 3 is 2.19 bits per heavy atom. The Hall–Kier alpha value is -3.34. The van der Waals surface area contributed by atoms with Crippen LogP contribution in [0.4, 0.5) is 16.2 Å². The average molecular weight is 428 g/mol. The van der Waals surface area contributed by atoms with E-state index in [1.54, 1.807) is 0 Å². The van der Waals surface area contributed by atoms with E-state index in [0.29, 0.717) is 0 Å². The summed E-state index contributed by atoms with van der Waals surface area (Å²) in [7, 11) is 1.40. The fourth-order valence-corrected chi connectivity index (χ4v) is 5.47. The van der Waals surface area contributed by atoms with E-state index in [2.05, 4.69) is 77.6 Å². The lowest BCUT2D eigenvalue weighted by atomic mass is 9.64. The first-order valence-corrected chi connectivity index (χ1v) is 11.2. The van der Waals surface area contributed by atoms with E-state index in [4.69, 9.17) is 4.74 Å². The monoisotopic (exact) mass is 427 g/mol. The van der Waals surface area contributed by atoms with Crippen LogP contribution in [-0.4, -0.2) is 31.3 Å². The molecule has 2 atom stereocenters. The number of pyridine rings is 1. The number of nitrogens with one attached hydrogen (secondary N) is 1. The van der Waals surface area contributed by atoms with Gasteiger partial charge in [-0.25, -0.2) is 4.79 Å². The molecule has 5 rings (SSSR count). The second-order valence-corrected chi connectivity index (χ2v) is 9.30. The Labute approximate surface area is 189 Å². The molecule has 0 radical (unpaired) electrons. The predicted octanol–water partition coefficient (Wildman–Crippen LogP) is 5.49. The molecule has 2 aliphatic heterocycles. The number of ether oxygens (including phenoxy) is 1. The van der Waals surface area contributed by atoms with E-state index in [-0.39, 0.29) is 10.8 Å². The molecule has 2 aromatic carbocycles. The zero-order chi connectivity index (χ0) is 22.3. The van der Waals surface area contributed by atoms with Crippen LogP contribution in [0.2, 0.25) is 0 Å². The number of hydrogen-bond donors (Lipinski definition) is 1. The third-order valence-electron chi connectivity index (χ3n) is 7.52. The highest BCUT2D eigenvalue weighted by molar-refractivity contribution is 5.87. The van der Waals surface area contributed by atoms with Gasteiger partial charge in [0.1, 0.15) is 0 Å². The number of carbonyl (C=O) groups excluding carboxylic acids is 1. The zero-order valence-corrected chi connectivity index (χ0v) is 18.9. The van der Waals surface area contributed by atoms with Crippen LogP contribution in [0.1, 0.15) is 48.9 Å². The first kappa shape index (κ1) is 20.6. The van der Waals surface area contributed by atoms with Gasteiger partial charge in [-0.15, -0.1) is 0 Å². The van der Waals surface area contributed by atoms with Crippen molar-refractivity contribution in [1.29, 1.82) is 0 Å². The number of amides is 1. The maximum Gasteiger partial charge on any atom is 0.411 e. The quantitative estimate of drug-likeness (QED) is 0.601. The van der Waals surface area contributed by atoms with Gasteiger partial charge in [-0.2, -0.15) is 0 Å². The van der Waals surface area contributed by atoms with Gasteiger partial charge in [0.05, 0.1) is 7.11 Å². The molecule has 0 bridgehead atoms. The number of nitrogens with zero attached hydrogens (tertiary/aromatic N) is 2. The van der Waals surface area contributed by atoms with E-state index in [9.17, 15) is 4.79 Å². The summed E-state index contributed by atoms with van der Waals surface area (Å²) < 4.78 is 4.91. The van der Waals surface area contributed by atoms with Gasteiger partial charge < -0.3 is 9.64 Å². The third-order valence-corrected chi connectivity index (χ3v) is 7.52. The lowest BCUT2D eigenvalue weighted by molar-refractivity contribution is 0.187. The average Bonchev–Trinajstić information content (AvgIpc) is 2.84. The van der Waals surface area contributed by atoms with Crippen LogP contribution < -0.4 is 10.2 Å². The van der Waals surface area contributed by atoms with Crippen molar-refractivity contribution in [3.05, 3.63) is 89.2 Å². The molecule has 164 valence electrons. The summed E-state index contributed by atoms with van der Waals surface area (Å²) in [4.78, 5) is 19.1. The smallest absolute Gasteiger partial charge is 0.411 e. The van der Waals surface area contributed by atoms with Crippen molar-refractivity contribution in [3.63, 3.8) is 0 Å². The molecule has 1 amide bonds. The summed E-state index contributed by atoms with van der Waals surface area (Å²) >= 11 is 0. The predicted molar refractivity (Wildman–Crippen MR) is 128 cm³/mol. The fraction of sp³-hybridized carbons (Fsp3) is 0.333. The Bertz CT molecular complexity index is 1070. The summed E-state index contributed by atoms with van der Waals surface area (Å²) in [5.74, 6) is 0. The normalized spacial score (nSPS) is 23.9. The van der Waals surface area contributed by atoms with Crippen LogP contribution in [0.5, 0.6) is 0 Å². The van der Waals surface area contributed by atoms with Crippen LogP contribution in [0.3, 0.4) is 0 Å². The minimum absolute atomic E-state index is 0.150. The van der Waals surface area contributed by atoms with Crippen molar-refractivity contribution in [2.45, 2.75) is 37.5 Å². The first-order chi connectivity index (χ1) is 15.5. The van der Waals surface area contributed by atoms with E-state index < -0.39 is 6.09 Å². The number of methoxy groups -OCH3 is 1. The third kappa shape index (κ3) is 3.15. The Balaban J connectivity index is 1.77. The van der Waals surface area contributed by atoms with Crippen LogP contribution in [-0.2, 0) is 15.6 Å². The molecule has 0 saturated heterocycles. The van der Waals surface area contributed by atoms with Crippen LogP contribution in [0, 0.1) is 0 Å². The Kier molecular flexibility index (Phi) is 4.92. The van der Waals surface area contributed by atoms with Crippen molar-refractivity contribution < 1.29 is 9.53 Å². The highest BCUT2D eigenvalue weighted by Crippen LogP contribution is 2.53. The molecular weight excluding hydrogens is 398 g/mol. The van der Waals surface area contributed by atoms with Crippen LogP contribution in [0.15, 0.2) is 67.0 Å². The maximum absolute atomic E-state index is 12.1. The summed E-state index contributed by atoms with van der Waals surface area (Å²) in [6.07, 6.45) is 5.36. The number of carbonyl (C=O) groups is 1. The molecule has 0 saturated carbocycles. The number of rotatable bonds is 3. The van der Waals surface area contributed by atoms with Gasteiger partial charge in [-0.05, 0) is 53.3 Å². The lowest BCUT2D eigenvalue weighted by Crippen LogP contribution is -2.47. The molecule has 3 heterocycles. The molecule has 0 unspecified atom stereocenters. The van der Waals surface area contributed by atoms with Crippen molar-refractivity contribution in [3.8, 4) is 0 Å². The number of hydrogen-bond acceptors (Lipinski definition) is 4. The number of anilines is 2. The van der Waals surface area contributed by atoms with Gasteiger partial charge in [0.2, 0.25) is 0 Å². The van der Waals surface area contributed by atoms with E-state index in [1.807, 2.05) is 18.5 Å². The van der Waals surface area contributed by atoms with Crippen molar-refractivity contribution >= 4 is 17.5 Å². The minimum atomic E-state index is -0.454. The zero-order valence-electron chi connectivity index (χ0n) is 18.9. The molecule has 0 spiro atoms. The first-order valence-electron chi connectivity index (χ1n) is 11.2. The molecule has 0 aliphatic carbocycles. The summed E-state index contributed by atoms with van der Waals surface area (Å²) in [5.41, 5.74) is 6.72. The SMILES string of the molecule is COC(=O)Nc1cc2c3c(c1)[C@](C)(c1cccnc1)CCN3CC[C@@]2(C)c1ccccc1. The van der Waals surface area contributed by atoms with Gasteiger partial charge in [0.15, 0.2) is 0 Å². The molecule has 2 aliphatic rings. The van der Waals surface area contributed by atoms with Crippen molar-refractivity contribution in [2.75, 3.05) is 30.4 Å². The van der Waals surface area contributed by atoms with Crippen molar-refractivity contribution in [2.24, 2.45) is 0 Å². The molecule has 1 aromatic heterocycles. The Morgan fingerprint density at radius 1 is 0.969 bits per heavy atom. The van der Waals surface area contributed by atoms with E-state index >= 15 is 0 Å². The van der Waals surface area contributed by atoms with Gasteiger partial charge in [-0.3, -0.25) is 10.3 Å². The second kappa shape index (κ2) is 7.66. The largest absolute Gasteiger partial charge is 0.453 e. The van der Waals surface area contributed by atoms with Crippen LogP contribution in [0.25, 0.3) is 0 Å². The fourth-order valence-electron chi connectivity index (χ4n) is 5.47. The van der Waals surface area contributed by atoms with Crippen molar-refractivity contribution in [1.82, 2.24) is 4.98 Å². The number of benzene rings is 2. The summed E-state index contributed by atoms with van der Waals surface area (Å²) in [6, 6.07) is 19.1. The molecule has 32 heavy (non-hydrogen) atoms. The Morgan fingerprint density at radius 2 is 1.59 bits per heavy atom. The summed E-state index contributed by atoms with van der Waals surface area (Å²) in [5, 5.41) is 2.94. The second-order valence-electron chi connectivity index (χ2n) is 9.30. The lowest BCUT2D eigenvalue weighted by Gasteiger charge is -2.50. The molecule has 3 aromatic rings. The van der Waals surface area contributed by atoms with Gasteiger partial charge in [0, 0.05) is 47.7 Å². The topological polar surface area (TPSA) is 54.5 Å².